The standard InChI is InChI=1S/C18H24N6O3/c1-3-15-16(24(26)27)18(22(2)21-15)23-9-6-14(7-10-23)17(25)20-12-13-5-4-8-19-11-13/h4-5,8,11,14H,3,6-7,9-10,12H2,1-2H3,(H,20,25). The predicted molar refractivity (Wildman–Crippen MR) is 100 cm³/mol. The molecule has 0 aromatic carbocycles. The molecule has 1 saturated heterocycles. The number of carbonyl (C=O) groups excluding carboxylic acids is 1. The molecule has 1 amide bonds. The first-order valence-electron chi connectivity index (χ1n) is 9.13. The molecule has 144 valence electrons. The fourth-order valence-corrected chi connectivity index (χ4v) is 3.53. The molecule has 1 N–H and O–H groups in total. The minimum atomic E-state index is -0.353. The first-order chi connectivity index (χ1) is 13.0. The number of rotatable bonds is 6. The van der Waals surface area contributed by atoms with Crippen LogP contribution in [0.1, 0.15) is 31.0 Å². The van der Waals surface area contributed by atoms with Gasteiger partial charge in [0, 0.05) is 45.0 Å². The Morgan fingerprint density at radius 1 is 1.41 bits per heavy atom. The van der Waals surface area contributed by atoms with Crippen LogP contribution in [-0.2, 0) is 24.8 Å². The van der Waals surface area contributed by atoms with Crippen molar-refractivity contribution in [3.05, 3.63) is 45.9 Å². The summed E-state index contributed by atoms with van der Waals surface area (Å²) in [5.41, 5.74) is 1.54. The summed E-state index contributed by atoms with van der Waals surface area (Å²) in [7, 11) is 1.73. The van der Waals surface area contributed by atoms with E-state index in [9.17, 15) is 14.9 Å². The van der Waals surface area contributed by atoms with Crippen molar-refractivity contribution in [1.82, 2.24) is 20.1 Å². The van der Waals surface area contributed by atoms with Crippen LogP contribution in [-0.4, -0.2) is 38.7 Å². The second-order valence-corrected chi connectivity index (χ2v) is 6.69. The highest BCUT2D eigenvalue weighted by molar-refractivity contribution is 5.79. The quantitative estimate of drug-likeness (QED) is 0.612. The van der Waals surface area contributed by atoms with Crippen LogP contribution in [0, 0.1) is 16.0 Å². The first kappa shape index (κ1) is 18.8. The van der Waals surface area contributed by atoms with Gasteiger partial charge in [0.25, 0.3) is 0 Å². The van der Waals surface area contributed by atoms with Gasteiger partial charge < -0.3 is 10.2 Å². The number of nitrogens with one attached hydrogen (secondary N) is 1. The lowest BCUT2D eigenvalue weighted by Gasteiger charge is -2.32. The van der Waals surface area contributed by atoms with E-state index in [1.165, 1.54) is 0 Å². The van der Waals surface area contributed by atoms with Gasteiger partial charge in [0.05, 0.1) is 4.92 Å². The van der Waals surface area contributed by atoms with E-state index >= 15 is 0 Å². The molecule has 0 unspecified atom stereocenters. The number of piperidine rings is 1. The molecule has 1 aliphatic heterocycles. The Bertz CT molecular complexity index is 812. The van der Waals surface area contributed by atoms with E-state index in [0.29, 0.717) is 50.4 Å². The Hall–Kier alpha value is -2.97. The molecule has 0 radical (unpaired) electrons. The molecule has 9 heteroatoms. The first-order valence-corrected chi connectivity index (χ1v) is 9.13. The topological polar surface area (TPSA) is 106 Å². The largest absolute Gasteiger partial charge is 0.352 e. The summed E-state index contributed by atoms with van der Waals surface area (Å²) in [5, 5.41) is 18.8. The van der Waals surface area contributed by atoms with E-state index in [0.717, 1.165) is 5.56 Å². The number of hydrogen-bond acceptors (Lipinski definition) is 6. The SMILES string of the molecule is CCc1nn(C)c(N2CCC(C(=O)NCc3cccnc3)CC2)c1[N+](=O)[O-]. The average Bonchev–Trinajstić information content (AvgIpc) is 3.03. The van der Waals surface area contributed by atoms with Crippen molar-refractivity contribution in [2.75, 3.05) is 18.0 Å². The second-order valence-electron chi connectivity index (χ2n) is 6.69. The van der Waals surface area contributed by atoms with Crippen molar-refractivity contribution in [1.29, 1.82) is 0 Å². The molecule has 1 aliphatic rings. The Balaban J connectivity index is 1.61. The fourth-order valence-electron chi connectivity index (χ4n) is 3.53. The highest BCUT2D eigenvalue weighted by Gasteiger charge is 2.33. The second kappa shape index (κ2) is 8.15. The van der Waals surface area contributed by atoms with Crippen LogP contribution in [0.15, 0.2) is 24.5 Å². The lowest BCUT2D eigenvalue weighted by atomic mass is 9.95. The summed E-state index contributed by atoms with van der Waals surface area (Å²) in [4.78, 5) is 29.6. The average molecular weight is 372 g/mol. The van der Waals surface area contributed by atoms with E-state index in [-0.39, 0.29) is 22.4 Å². The summed E-state index contributed by atoms with van der Waals surface area (Å²) < 4.78 is 1.58. The molecule has 0 atom stereocenters. The Kier molecular flexibility index (Phi) is 5.68. The molecule has 0 saturated carbocycles. The number of pyridine rings is 1. The van der Waals surface area contributed by atoms with Gasteiger partial charge >= 0.3 is 5.69 Å². The highest BCUT2D eigenvalue weighted by atomic mass is 16.6. The molecule has 3 rings (SSSR count). The van der Waals surface area contributed by atoms with Crippen molar-refractivity contribution in [2.45, 2.75) is 32.7 Å². The van der Waals surface area contributed by atoms with Gasteiger partial charge in [-0.25, -0.2) is 4.68 Å². The third-order valence-corrected chi connectivity index (χ3v) is 4.93. The normalized spacial score (nSPS) is 15.0. The molecule has 1 fully saturated rings. The summed E-state index contributed by atoms with van der Waals surface area (Å²) in [6, 6.07) is 3.76. The van der Waals surface area contributed by atoms with Crippen LogP contribution in [0.4, 0.5) is 11.5 Å². The summed E-state index contributed by atoms with van der Waals surface area (Å²) in [6.45, 7) is 3.50. The van der Waals surface area contributed by atoms with Gasteiger partial charge in [-0.1, -0.05) is 13.0 Å². The van der Waals surface area contributed by atoms with Crippen LogP contribution in [0.3, 0.4) is 0 Å². The number of aromatic nitrogens is 3. The maximum absolute atomic E-state index is 12.4. The van der Waals surface area contributed by atoms with E-state index in [2.05, 4.69) is 15.4 Å². The molecule has 27 heavy (non-hydrogen) atoms. The molecule has 2 aromatic rings. The third-order valence-electron chi connectivity index (χ3n) is 4.93. The summed E-state index contributed by atoms with van der Waals surface area (Å²) in [6.07, 6.45) is 5.25. The number of nitrogens with zero attached hydrogens (tertiary/aromatic N) is 5. The van der Waals surface area contributed by atoms with Crippen molar-refractivity contribution >= 4 is 17.4 Å². The summed E-state index contributed by atoms with van der Waals surface area (Å²) in [5.74, 6) is 0.467. The monoisotopic (exact) mass is 372 g/mol. The van der Waals surface area contributed by atoms with Crippen molar-refractivity contribution in [3.63, 3.8) is 0 Å². The molecule has 3 heterocycles. The van der Waals surface area contributed by atoms with Gasteiger partial charge in [0.1, 0.15) is 5.69 Å². The van der Waals surface area contributed by atoms with Crippen molar-refractivity contribution < 1.29 is 9.72 Å². The summed E-state index contributed by atoms with van der Waals surface area (Å²) >= 11 is 0. The number of carbonyl (C=O) groups is 1. The van der Waals surface area contributed by atoms with Gasteiger partial charge in [-0.2, -0.15) is 5.10 Å². The minimum absolute atomic E-state index is 0.0206. The molecule has 0 spiro atoms. The maximum Gasteiger partial charge on any atom is 0.334 e. The van der Waals surface area contributed by atoms with E-state index in [1.54, 1.807) is 24.1 Å². The fraction of sp³-hybridized carbons (Fsp3) is 0.500. The lowest BCUT2D eigenvalue weighted by Crippen LogP contribution is -2.41. The van der Waals surface area contributed by atoms with Gasteiger partial charge in [0.2, 0.25) is 11.7 Å². The zero-order chi connectivity index (χ0) is 19.4. The Morgan fingerprint density at radius 3 is 2.74 bits per heavy atom. The van der Waals surface area contributed by atoms with Gasteiger partial charge in [0.15, 0.2) is 0 Å². The Labute approximate surface area is 157 Å². The zero-order valence-electron chi connectivity index (χ0n) is 15.6. The van der Waals surface area contributed by atoms with Gasteiger partial charge in [-0.3, -0.25) is 19.9 Å². The van der Waals surface area contributed by atoms with Crippen LogP contribution in [0.5, 0.6) is 0 Å². The smallest absolute Gasteiger partial charge is 0.334 e. The van der Waals surface area contributed by atoms with Crippen LogP contribution in [0.25, 0.3) is 0 Å². The van der Waals surface area contributed by atoms with Crippen LogP contribution >= 0.6 is 0 Å². The number of amides is 1. The molecule has 2 aromatic heterocycles. The third kappa shape index (κ3) is 4.07. The Morgan fingerprint density at radius 2 is 2.15 bits per heavy atom. The molecule has 0 bridgehead atoms. The van der Waals surface area contributed by atoms with Crippen molar-refractivity contribution in [2.24, 2.45) is 13.0 Å². The van der Waals surface area contributed by atoms with Crippen molar-refractivity contribution in [3.8, 4) is 0 Å². The number of nitro groups is 1. The van der Waals surface area contributed by atoms with E-state index < -0.39 is 0 Å². The number of hydrogen-bond donors (Lipinski definition) is 1. The van der Waals surface area contributed by atoms with E-state index in [4.69, 9.17) is 0 Å². The minimum Gasteiger partial charge on any atom is -0.352 e. The molecular weight excluding hydrogens is 348 g/mol. The predicted octanol–water partition coefficient (Wildman–Crippen LogP) is 1.82. The zero-order valence-corrected chi connectivity index (χ0v) is 15.6. The van der Waals surface area contributed by atoms with E-state index in [1.807, 2.05) is 24.0 Å². The molecular formula is C18H24N6O3. The van der Waals surface area contributed by atoms with Gasteiger partial charge in [-0.05, 0) is 30.9 Å². The molecule has 0 aliphatic carbocycles. The molecule has 9 nitrogen and oxygen atoms in total. The maximum atomic E-state index is 12.4. The van der Waals surface area contributed by atoms with Gasteiger partial charge in [-0.15, -0.1) is 0 Å². The van der Waals surface area contributed by atoms with Crippen LogP contribution in [0.2, 0.25) is 0 Å². The highest BCUT2D eigenvalue weighted by Crippen LogP contribution is 2.34. The lowest BCUT2D eigenvalue weighted by molar-refractivity contribution is -0.384. The number of anilines is 1. The van der Waals surface area contributed by atoms with Crippen LogP contribution < -0.4 is 10.2 Å². The number of aryl methyl sites for hydroxylation is 2.